The van der Waals surface area contributed by atoms with E-state index >= 15 is 0 Å². The number of carbonyl (C=O) groups is 1. The number of benzene rings is 1. The average molecular weight is 237 g/mol. The van der Waals surface area contributed by atoms with Crippen molar-refractivity contribution in [3.63, 3.8) is 0 Å². The highest BCUT2D eigenvalue weighted by Crippen LogP contribution is 2.10. The molecule has 88 valence electrons. The molecule has 16 heavy (non-hydrogen) atoms. The third kappa shape index (κ3) is 4.48. The van der Waals surface area contributed by atoms with E-state index in [1.54, 1.807) is 24.3 Å². The minimum absolute atomic E-state index is 0.266. The first-order valence-corrected chi connectivity index (χ1v) is 9.12. The third-order valence-corrected chi connectivity index (χ3v) is 3.94. The standard InChI is InChI=1S/C12H19NO2Si/c1-16(2,3)9-8-15-12(14)10-4-6-11(13)7-5-10/h4-7H,8-9,13H2,1-3H3. The fourth-order valence-corrected chi connectivity index (χ4v) is 1.87. The maximum absolute atomic E-state index is 11.6. The Morgan fingerprint density at radius 2 is 1.81 bits per heavy atom. The zero-order valence-electron chi connectivity index (χ0n) is 10.1. The van der Waals surface area contributed by atoms with Crippen LogP contribution < -0.4 is 5.73 Å². The van der Waals surface area contributed by atoms with Gasteiger partial charge in [-0.1, -0.05) is 19.6 Å². The summed E-state index contributed by atoms with van der Waals surface area (Å²) in [6, 6.07) is 7.77. The molecule has 3 nitrogen and oxygen atoms in total. The first kappa shape index (κ1) is 12.8. The van der Waals surface area contributed by atoms with Crippen LogP contribution in [0.1, 0.15) is 10.4 Å². The minimum Gasteiger partial charge on any atom is -0.462 e. The Balaban J connectivity index is 2.44. The number of hydrogen-bond acceptors (Lipinski definition) is 3. The van der Waals surface area contributed by atoms with E-state index < -0.39 is 8.07 Å². The van der Waals surface area contributed by atoms with Crippen LogP contribution >= 0.6 is 0 Å². The van der Waals surface area contributed by atoms with E-state index in [1.165, 1.54) is 0 Å². The predicted octanol–water partition coefficient (Wildman–Crippen LogP) is 2.76. The first-order valence-electron chi connectivity index (χ1n) is 5.41. The van der Waals surface area contributed by atoms with E-state index in [4.69, 9.17) is 10.5 Å². The molecule has 0 atom stereocenters. The molecular formula is C12H19NO2Si. The van der Waals surface area contributed by atoms with Gasteiger partial charge in [-0.3, -0.25) is 0 Å². The van der Waals surface area contributed by atoms with Crippen LogP contribution in [0.2, 0.25) is 25.7 Å². The monoisotopic (exact) mass is 237 g/mol. The zero-order valence-corrected chi connectivity index (χ0v) is 11.1. The molecule has 0 bridgehead atoms. The second kappa shape index (κ2) is 5.16. The van der Waals surface area contributed by atoms with E-state index in [2.05, 4.69) is 19.6 Å². The molecule has 0 aliphatic rings. The second-order valence-electron chi connectivity index (χ2n) is 5.07. The van der Waals surface area contributed by atoms with Crippen molar-refractivity contribution in [2.45, 2.75) is 25.7 Å². The first-order chi connectivity index (χ1) is 7.38. The quantitative estimate of drug-likeness (QED) is 0.497. The van der Waals surface area contributed by atoms with E-state index in [-0.39, 0.29) is 5.97 Å². The summed E-state index contributed by atoms with van der Waals surface area (Å²) < 4.78 is 5.20. The maximum Gasteiger partial charge on any atom is 0.338 e. The molecule has 0 aliphatic carbocycles. The topological polar surface area (TPSA) is 52.3 Å². The van der Waals surface area contributed by atoms with Crippen molar-refractivity contribution in [2.24, 2.45) is 0 Å². The number of esters is 1. The molecule has 4 heteroatoms. The maximum atomic E-state index is 11.6. The van der Waals surface area contributed by atoms with Gasteiger partial charge < -0.3 is 10.5 Å². The van der Waals surface area contributed by atoms with Gasteiger partial charge in [0.25, 0.3) is 0 Å². The van der Waals surface area contributed by atoms with Crippen molar-refractivity contribution in [2.75, 3.05) is 12.3 Å². The molecule has 0 saturated heterocycles. The highest BCUT2D eigenvalue weighted by molar-refractivity contribution is 6.76. The van der Waals surface area contributed by atoms with Crippen LogP contribution in [0.3, 0.4) is 0 Å². The van der Waals surface area contributed by atoms with Crippen molar-refractivity contribution < 1.29 is 9.53 Å². The summed E-state index contributed by atoms with van der Waals surface area (Å²) in [5.74, 6) is -0.266. The van der Waals surface area contributed by atoms with Crippen molar-refractivity contribution in [3.8, 4) is 0 Å². The molecular weight excluding hydrogens is 218 g/mol. The second-order valence-corrected chi connectivity index (χ2v) is 10.7. The van der Waals surface area contributed by atoms with Gasteiger partial charge >= 0.3 is 5.97 Å². The average Bonchev–Trinajstić information content (AvgIpc) is 2.16. The van der Waals surface area contributed by atoms with Gasteiger partial charge in [0, 0.05) is 13.8 Å². The number of carbonyl (C=O) groups excluding carboxylic acids is 1. The molecule has 2 N–H and O–H groups in total. The van der Waals surface area contributed by atoms with Gasteiger partial charge in [0.15, 0.2) is 0 Å². The van der Waals surface area contributed by atoms with Gasteiger partial charge in [0.05, 0.1) is 12.2 Å². The summed E-state index contributed by atoms with van der Waals surface area (Å²) in [4.78, 5) is 11.6. The van der Waals surface area contributed by atoms with Crippen molar-refractivity contribution in [3.05, 3.63) is 29.8 Å². The van der Waals surface area contributed by atoms with E-state index in [9.17, 15) is 4.79 Å². The number of ether oxygens (including phenoxy) is 1. The molecule has 0 radical (unpaired) electrons. The lowest BCUT2D eigenvalue weighted by Crippen LogP contribution is -2.22. The highest BCUT2D eigenvalue weighted by atomic mass is 28.3. The molecule has 1 rings (SSSR count). The SMILES string of the molecule is C[Si](C)(C)CCOC(=O)c1ccc(N)cc1. The van der Waals surface area contributed by atoms with Crippen LogP contribution in [0.15, 0.2) is 24.3 Å². The summed E-state index contributed by atoms with van der Waals surface area (Å²) in [5, 5.41) is 0. The fraction of sp³-hybridized carbons (Fsp3) is 0.417. The Bertz CT molecular complexity index is 354. The molecule has 1 aromatic carbocycles. The Morgan fingerprint density at radius 1 is 1.25 bits per heavy atom. The number of rotatable bonds is 4. The Kier molecular flexibility index (Phi) is 4.12. The van der Waals surface area contributed by atoms with Crippen LogP contribution in [0.5, 0.6) is 0 Å². The molecule has 0 heterocycles. The van der Waals surface area contributed by atoms with E-state index in [1.807, 2.05) is 0 Å². The van der Waals surface area contributed by atoms with E-state index in [0.29, 0.717) is 17.9 Å². The Labute approximate surface area is 97.6 Å². The molecule has 0 amide bonds. The minimum atomic E-state index is -1.13. The highest BCUT2D eigenvalue weighted by Gasteiger charge is 2.14. The molecule has 0 aliphatic heterocycles. The zero-order chi connectivity index (χ0) is 12.2. The summed E-state index contributed by atoms with van der Waals surface area (Å²) in [6.45, 7) is 7.27. The number of hydrogen-bond donors (Lipinski definition) is 1. The molecule has 0 fully saturated rings. The van der Waals surface area contributed by atoms with Crippen LogP contribution in [0.25, 0.3) is 0 Å². The molecule has 1 aromatic rings. The van der Waals surface area contributed by atoms with Crippen LogP contribution in [0, 0.1) is 0 Å². The summed E-state index contributed by atoms with van der Waals surface area (Å²) in [5.41, 5.74) is 6.75. The molecule has 0 spiro atoms. The van der Waals surface area contributed by atoms with Gasteiger partial charge in [-0.05, 0) is 30.3 Å². The van der Waals surface area contributed by atoms with Crippen molar-refractivity contribution in [1.82, 2.24) is 0 Å². The third-order valence-electron chi connectivity index (χ3n) is 2.23. The fourth-order valence-electron chi connectivity index (χ4n) is 1.15. The number of nitrogen functional groups attached to an aromatic ring is 1. The van der Waals surface area contributed by atoms with E-state index in [0.717, 1.165) is 6.04 Å². The molecule has 0 unspecified atom stereocenters. The van der Waals surface area contributed by atoms with Gasteiger partial charge in [-0.25, -0.2) is 4.79 Å². The lowest BCUT2D eigenvalue weighted by molar-refractivity contribution is 0.0525. The molecule has 0 saturated carbocycles. The summed E-state index contributed by atoms with van der Waals surface area (Å²) in [7, 11) is -1.13. The lowest BCUT2D eigenvalue weighted by Gasteiger charge is -2.15. The lowest BCUT2D eigenvalue weighted by atomic mass is 10.2. The predicted molar refractivity (Wildman–Crippen MR) is 69.3 cm³/mol. The summed E-state index contributed by atoms with van der Waals surface area (Å²) >= 11 is 0. The van der Waals surface area contributed by atoms with Crippen molar-refractivity contribution >= 4 is 19.7 Å². The number of nitrogens with two attached hydrogens (primary N) is 1. The summed E-state index contributed by atoms with van der Waals surface area (Å²) in [6.07, 6.45) is 0. The normalized spacial score (nSPS) is 11.2. The molecule has 0 aromatic heterocycles. The Hall–Kier alpha value is -1.29. The van der Waals surface area contributed by atoms with Gasteiger partial charge in [0.1, 0.15) is 0 Å². The van der Waals surface area contributed by atoms with Gasteiger partial charge in [-0.2, -0.15) is 0 Å². The smallest absolute Gasteiger partial charge is 0.338 e. The largest absolute Gasteiger partial charge is 0.462 e. The number of anilines is 1. The van der Waals surface area contributed by atoms with Crippen LogP contribution in [-0.4, -0.2) is 20.7 Å². The van der Waals surface area contributed by atoms with Gasteiger partial charge in [-0.15, -0.1) is 0 Å². The van der Waals surface area contributed by atoms with Crippen LogP contribution in [0.4, 0.5) is 5.69 Å². The van der Waals surface area contributed by atoms with Crippen LogP contribution in [-0.2, 0) is 4.74 Å². The van der Waals surface area contributed by atoms with Crippen molar-refractivity contribution in [1.29, 1.82) is 0 Å². The Morgan fingerprint density at radius 3 is 2.31 bits per heavy atom. The van der Waals surface area contributed by atoms with Gasteiger partial charge in [0.2, 0.25) is 0 Å².